The van der Waals surface area contributed by atoms with Crippen molar-refractivity contribution in [1.29, 1.82) is 0 Å². The zero-order chi connectivity index (χ0) is 21.9. The van der Waals surface area contributed by atoms with E-state index >= 15 is 0 Å². The minimum Gasteiger partial charge on any atom is -0.503 e. The summed E-state index contributed by atoms with van der Waals surface area (Å²) in [7, 11) is 0. The standard InChI is InChI=1S/C21H19ClFN3O5/c22-15-5-11(23)2-1-10(15)7-24-20(29)14-8-25-9-16-26(12-3-4-13(6-12)31-16)21(30)17(25)19(28)18(14)27/h1-2,5,8,12-13,16,28H,3-4,6-7,9H2,(H,24,29)/t12?,13-,16-/m1/s1. The molecule has 1 aromatic carbocycles. The summed E-state index contributed by atoms with van der Waals surface area (Å²) in [6.07, 6.45) is 3.31. The van der Waals surface area contributed by atoms with Crippen molar-refractivity contribution in [1.82, 2.24) is 14.8 Å². The van der Waals surface area contributed by atoms with Crippen LogP contribution in [-0.2, 0) is 17.8 Å². The second-order valence-electron chi connectivity index (χ2n) is 8.03. The van der Waals surface area contributed by atoms with Gasteiger partial charge in [-0.1, -0.05) is 17.7 Å². The molecule has 0 spiro atoms. The Morgan fingerprint density at radius 3 is 2.90 bits per heavy atom. The fraction of sp³-hybridized carbons (Fsp3) is 0.381. The van der Waals surface area contributed by atoms with Gasteiger partial charge in [0, 0.05) is 23.8 Å². The molecule has 1 saturated heterocycles. The third-order valence-electron chi connectivity index (χ3n) is 6.16. The Morgan fingerprint density at radius 2 is 2.13 bits per heavy atom. The van der Waals surface area contributed by atoms with E-state index < -0.39 is 35.0 Å². The summed E-state index contributed by atoms with van der Waals surface area (Å²) in [6.45, 7) is 0.174. The molecular formula is C21H19ClFN3O5. The molecule has 0 radical (unpaired) electrons. The van der Waals surface area contributed by atoms with Crippen LogP contribution in [-0.4, -0.2) is 44.8 Å². The Hall–Kier alpha value is -2.91. The lowest BCUT2D eigenvalue weighted by molar-refractivity contribution is -0.132. The topological polar surface area (TPSA) is 101 Å². The molecule has 31 heavy (non-hydrogen) atoms. The number of pyridine rings is 1. The van der Waals surface area contributed by atoms with Gasteiger partial charge >= 0.3 is 0 Å². The number of aromatic nitrogens is 1. The van der Waals surface area contributed by atoms with E-state index in [2.05, 4.69) is 5.32 Å². The number of nitrogens with one attached hydrogen (secondary N) is 1. The first-order valence-electron chi connectivity index (χ1n) is 10.00. The van der Waals surface area contributed by atoms with Crippen LogP contribution in [0.2, 0.25) is 5.02 Å². The fourth-order valence-electron chi connectivity index (χ4n) is 4.65. The SMILES string of the molecule is O=C(NCc1ccc(F)cc1Cl)c1cn2c(c(O)c1=O)C(=O)N1C3CC[C@H](C3)O[C@@H]1C2. The number of nitrogens with zero attached hydrogens (tertiary/aromatic N) is 2. The number of fused-ring (bicyclic) bond motifs is 5. The first kappa shape index (κ1) is 20.0. The second kappa shape index (κ2) is 7.35. The van der Waals surface area contributed by atoms with E-state index in [1.165, 1.54) is 22.9 Å². The number of ether oxygens (including phenoxy) is 1. The molecular weight excluding hydrogens is 429 g/mol. The van der Waals surface area contributed by atoms with E-state index in [0.717, 1.165) is 25.3 Å². The lowest BCUT2D eigenvalue weighted by Gasteiger charge is -2.44. The summed E-state index contributed by atoms with van der Waals surface area (Å²) in [5.74, 6) is -2.47. The molecule has 5 rings (SSSR count). The quantitative estimate of drug-likeness (QED) is 0.749. The second-order valence-corrected chi connectivity index (χ2v) is 8.44. The molecule has 10 heteroatoms. The van der Waals surface area contributed by atoms with Gasteiger partial charge < -0.3 is 24.6 Å². The number of benzene rings is 1. The molecule has 3 atom stereocenters. The Labute approximate surface area is 181 Å². The number of hydrogen-bond acceptors (Lipinski definition) is 5. The maximum absolute atomic E-state index is 13.2. The lowest BCUT2D eigenvalue weighted by Crippen LogP contribution is -2.57. The highest BCUT2D eigenvalue weighted by atomic mass is 35.5. The van der Waals surface area contributed by atoms with E-state index in [9.17, 15) is 23.9 Å². The number of aromatic hydroxyl groups is 1. The third-order valence-corrected chi connectivity index (χ3v) is 6.51. The molecule has 1 aromatic heterocycles. The lowest BCUT2D eigenvalue weighted by atomic mass is 10.1. The fourth-order valence-corrected chi connectivity index (χ4v) is 4.88. The van der Waals surface area contributed by atoms with E-state index in [1.54, 1.807) is 4.90 Å². The highest BCUT2D eigenvalue weighted by Gasteiger charge is 2.47. The average molecular weight is 448 g/mol. The maximum atomic E-state index is 13.2. The van der Waals surface area contributed by atoms with E-state index in [1.807, 2.05) is 0 Å². The monoisotopic (exact) mass is 447 g/mol. The molecule has 3 heterocycles. The van der Waals surface area contributed by atoms with Gasteiger partial charge in [-0.2, -0.15) is 0 Å². The summed E-state index contributed by atoms with van der Waals surface area (Å²) >= 11 is 5.97. The van der Waals surface area contributed by atoms with Crippen LogP contribution in [0, 0.1) is 5.82 Å². The zero-order valence-corrected chi connectivity index (χ0v) is 17.1. The zero-order valence-electron chi connectivity index (χ0n) is 16.3. The molecule has 2 aromatic rings. The number of carbonyl (C=O) groups is 2. The van der Waals surface area contributed by atoms with Gasteiger partial charge in [0.1, 0.15) is 11.4 Å². The molecule has 2 fully saturated rings. The van der Waals surface area contributed by atoms with Gasteiger partial charge in [-0.3, -0.25) is 14.4 Å². The van der Waals surface area contributed by atoms with Gasteiger partial charge in [0.25, 0.3) is 11.8 Å². The molecule has 2 N–H and O–H groups in total. The van der Waals surface area contributed by atoms with E-state index in [-0.39, 0.29) is 41.5 Å². The highest BCUT2D eigenvalue weighted by molar-refractivity contribution is 6.31. The van der Waals surface area contributed by atoms with Crippen molar-refractivity contribution in [3.8, 4) is 5.75 Å². The van der Waals surface area contributed by atoms with E-state index in [4.69, 9.17) is 16.3 Å². The van der Waals surface area contributed by atoms with Crippen molar-refractivity contribution in [2.75, 3.05) is 0 Å². The molecule has 1 unspecified atom stereocenters. The summed E-state index contributed by atoms with van der Waals surface area (Å²) in [6, 6.07) is 3.79. The summed E-state index contributed by atoms with van der Waals surface area (Å²) in [4.78, 5) is 40.0. The van der Waals surface area contributed by atoms with Gasteiger partial charge in [0.2, 0.25) is 5.43 Å². The third kappa shape index (κ3) is 3.28. The van der Waals surface area contributed by atoms with Crippen LogP contribution in [0.15, 0.2) is 29.2 Å². The van der Waals surface area contributed by atoms with Crippen molar-refractivity contribution >= 4 is 23.4 Å². The number of rotatable bonds is 3. The van der Waals surface area contributed by atoms with Crippen molar-refractivity contribution < 1.29 is 23.8 Å². The molecule has 162 valence electrons. The van der Waals surface area contributed by atoms with Gasteiger partial charge in [0.05, 0.1) is 12.6 Å². The summed E-state index contributed by atoms with van der Waals surface area (Å²) in [5, 5.41) is 13.2. The van der Waals surface area contributed by atoms with Crippen LogP contribution in [0.1, 0.15) is 45.7 Å². The van der Waals surface area contributed by atoms with Crippen LogP contribution in [0.3, 0.4) is 0 Å². The van der Waals surface area contributed by atoms with Crippen LogP contribution >= 0.6 is 11.6 Å². The molecule has 2 bridgehead atoms. The van der Waals surface area contributed by atoms with Gasteiger partial charge in [-0.25, -0.2) is 4.39 Å². The minimum absolute atomic E-state index is 0.0305. The smallest absolute Gasteiger partial charge is 0.276 e. The molecule has 1 aliphatic carbocycles. The number of hydrogen-bond donors (Lipinski definition) is 2. The van der Waals surface area contributed by atoms with Gasteiger partial charge in [-0.05, 0) is 37.0 Å². The molecule has 3 aliphatic rings. The van der Waals surface area contributed by atoms with E-state index in [0.29, 0.717) is 5.56 Å². The number of amides is 2. The van der Waals surface area contributed by atoms with Crippen molar-refractivity contribution in [3.63, 3.8) is 0 Å². The van der Waals surface area contributed by atoms with Crippen LogP contribution < -0.4 is 10.7 Å². The largest absolute Gasteiger partial charge is 0.503 e. The predicted octanol–water partition coefficient (Wildman–Crippen LogP) is 2.01. The average Bonchev–Trinajstić information content (AvgIpc) is 3.10. The molecule has 2 amide bonds. The summed E-state index contributed by atoms with van der Waals surface area (Å²) in [5.41, 5.74) is -0.897. The van der Waals surface area contributed by atoms with Crippen molar-refractivity contribution in [2.45, 2.75) is 50.7 Å². The van der Waals surface area contributed by atoms with Gasteiger partial charge in [-0.15, -0.1) is 0 Å². The highest BCUT2D eigenvalue weighted by Crippen LogP contribution is 2.38. The minimum atomic E-state index is -0.928. The first-order valence-corrected chi connectivity index (χ1v) is 10.4. The predicted molar refractivity (Wildman–Crippen MR) is 107 cm³/mol. The van der Waals surface area contributed by atoms with Crippen molar-refractivity contribution in [2.24, 2.45) is 0 Å². The van der Waals surface area contributed by atoms with Crippen LogP contribution in [0.5, 0.6) is 5.75 Å². The maximum Gasteiger partial charge on any atom is 0.276 e. The Kier molecular flexibility index (Phi) is 4.75. The first-order chi connectivity index (χ1) is 14.8. The number of carbonyl (C=O) groups excluding carboxylic acids is 2. The Bertz CT molecular complexity index is 1170. The Balaban J connectivity index is 1.43. The van der Waals surface area contributed by atoms with Crippen molar-refractivity contribution in [3.05, 3.63) is 62.3 Å². The van der Waals surface area contributed by atoms with Crippen LogP contribution in [0.4, 0.5) is 4.39 Å². The molecule has 8 nitrogen and oxygen atoms in total. The summed E-state index contributed by atoms with van der Waals surface area (Å²) < 4.78 is 20.6. The van der Waals surface area contributed by atoms with Crippen LogP contribution in [0.25, 0.3) is 0 Å². The van der Waals surface area contributed by atoms with Gasteiger partial charge in [0.15, 0.2) is 17.7 Å². The normalized spacial score (nSPS) is 24.0. The molecule has 1 saturated carbocycles. The number of halogens is 2. The molecule has 2 aliphatic heterocycles. The Morgan fingerprint density at radius 1 is 1.32 bits per heavy atom.